The fourth-order valence-corrected chi connectivity index (χ4v) is 3.00. The summed E-state index contributed by atoms with van der Waals surface area (Å²) < 4.78 is 9.75. The van der Waals surface area contributed by atoms with Crippen LogP contribution in [0, 0.1) is 0 Å². The molecule has 0 bridgehead atoms. The number of benzene rings is 2. The van der Waals surface area contributed by atoms with Gasteiger partial charge in [0.15, 0.2) is 6.61 Å². The Morgan fingerprint density at radius 1 is 1.07 bits per heavy atom. The Morgan fingerprint density at radius 2 is 1.79 bits per heavy atom. The normalized spacial score (nSPS) is 12.7. The molecule has 1 heterocycles. The summed E-state index contributed by atoms with van der Waals surface area (Å²) in [6.45, 7) is 0.154. The second-order valence-corrected chi connectivity index (χ2v) is 6.48. The third-order valence-corrected chi connectivity index (χ3v) is 4.50. The summed E-state index contributed by atoms with van der Waals surface area (Å²) in [6.07, 6.45) is 0. The van der Waals surface area contributed by atoms with Crippen molar-refractivity contribution >= 4 is 41.0 Å². The Morgan fingerprint density at radius 3 is 2.52 bits per heavy atom. The molecule has 8 nitrogen and oxygen atoms in total. The van der Waals surface area contributed by atoms with E-state index in [2.05, 4.69) is 5.32 Å². The van der Waals surface area contributed by atoms with Crippen LogP contribution in [0.5, 0.6) is 0 Å². The van der Waals surface area contributed by atoms with Gasteiger partial charge in [0, 0.05) is 13.7 Å². The average Bonchev–Trinajstić information content (AvgIpc) is 2.97. The van der Waals surface area contributed by atoms with Gasteiger partial charge >= 0.3 is 5.97 Å². The van der Waals surface area contributed by atoms with Crippen molar-refractivity contribution in [2.75, 3.05) is 31.8 Å². The summed E-state index contributed by atoms with van der Waals surface area (Å²) in [5, 5.41) is 2.77. The summed E-state index contributed by atoms with van der Waals surface area (Å²) in [5.41, 5.74) is 0.533. The molecule has 0 saturated heterocycles. The number of amides is 3. The molecule has 1 N–H and O–H groups in total. The molecule has 0 aliphatic carbocycles. The van der Waals surface area contributed by atoms with Crippen molar-refractivity contribution in [3.63, 3.8) is 0 Å². The number of fused-ring (bicyclic) bond motifs is 1. The van der Waals surface area contributed by atoms with Crippen LogP contribution in [0.4, 0.5) is 5.69 Å². The highest BCUT2D eigenvalue weighted by Gasteiger charge is 2.38. The fraction of sp³-hybridized carbons (Fsp3) is 0.200. The van der Waals surface area contributed by atoms with Gasteiger partial charge in [-0.2, -0.15) is 0 Å². The number of nitrogens with one attached hydrogen (secondary N) is 1. The number of carbonyl (C=O) groups is 4. The summed E-state index contributed by atoms with van der Waals surface area (Å²) in [4.78, 5) is 50.2. The maximum atomic E-state index is 12.8. The molecule has 2 aromatic rings. The Balaban J connectivity index is 1.73. The minimum absolute atomic E-state index is 0.0515. The van der Waals surface area contributed by atoms with Crippen LogP contribution < -0.4 is 10.2 Å². The Bertz CT molecular complexity index is 991. The van der Waals surface area contributed by atoms with E-state index >= 15 is 0 Å². The first-order valence-corrected chi connectivity index (χ1v) is 9.02. The summed E-state index contributed by atoms with van der Waals surface area (Å²) in [7, 11) is 1.50. The van der Waals surface area contributed by atoms with Crippen LogP contribution in [-0.2, 0) is 14.3 Å². The first kappa shape index (κ1) is 20.5. The van der Waals surface area contributed by atoms with E-state index in [4.69, 9.17) is 21.1 Å². The monoisotopic (exact) mass is 416 g/mol. The maximum absolute atomic E-state index is 12.8. The second-order valence-electron chi connectivity index (χ2n) is 6.08. The predicted molar refractivity (Wildman–Crippen MR) is 104 cm³/mol. The van der Waals surface area contributed by atoms with E-state index in [1.165, 1.54) is 25.3 Å². The summed E-state index contributed by atoms with van der Waals surface area (Å²) in [5.74, 6) is -2.39. The zero-order valence-corrected chi connectivity index (χ0v) is 16.2. The third-order valence-electron chi connectivity index (χ3n) is 4.18. The molecule has 0 fully saturated rings. The Labute approximate surface area is 171 Å². The molecule has 0 unspecified atom stereocenters. The summed E-state index contributed by atoms with van der Waals surface area (Å²) >= 11 is 6.11. The Kier molecular flexibility index (Phi) is 6.26. The molecule has 3 amide bonds. The lowest BCUT2D eigenvalue weighted by molar-refractivity contribution is -0.124. The molecule has 3 rings (SSSR count). The molecule has 150 valence electrons. The number of para-hydroxylation sites is 1. The van der Waals surface area contributed by atoms with Crippen molar-refractivity contribution < 1.29 is 28.7 Å². The minimum Gasteiger partial charge on any atom is -0.452 e. The molecule has 9 heteroatoms. The molecular weight excluding hydrogens is 400 g/mol. The van der Waals surface area contributed by atoms with Crippen molar-refractivity contribution in [3.8, 4) is 0 Å². The van der Waals surface area contributed by atoms with Gasteiger partial charge in [0.25, 0.3) is 17.7 Å². The predicted octanol–water partition coefficient (Wildman–Crippen LogP) is 2.06. The molecule has 2 aromatic carbocycles. The van der Waals surface area contributed by atoms with Gasteiger partial charge in [0.1, 0.15) is 0 Å². The van der Waals surface area contributed by atoms with E-state index in [1.54, 1.807) is 24.3 Å². The van der Waals surface area contributed by atoms with E-state index in [0.29, 0.717) is 13.2 Å². The highest BCUT2D eigenvalue weighted by molar-refractivity contribution is 6.39. The molecule has 29 heavy (non-hydrogen) atoms. The zero-order chi connectivity index (χ0) is 21.0. The third kappa shape index (κ3) is 4.28. The maximum Gasteiger partial charge on any atom is 0.338 e. The molecule has 0 aromatic heterocycles. The van der Waals surface area contributed by atoms with Crippen molar-refractivity contribution in [2.24, 2.45) is 0 Å². The quantitative estimate of drug-likeness (QED) is 0.421. The van der Waals surface area contributed by atoms with Crippen molar-refractivity contribution in [1.29, 1.82) is 0 Å². The van der Waals surface area contributed by atoms with Crippen LogP contribution in [0.25, 0.3) is 0 Å². The van der Waals surface area contributed by atoms with Gasteiger partial charge in [0.05, 0.1) is 34.0 Å². The van der Waals surface area contributed by atoms with E-state index in [1.807, 2.05) is 0 Å². The highest BCUT2D eigenvalue weighted by Crippen LogP contribution is 2.33. The first-order chi connectivity index (χ1) is 13.9. The van der Waals surface area contributed by atoms with E-state index in [0.717, 1.165) is 4.90 Å². The largest absolute Gasteiger partial charge is 0.452 e. The number of nitrogens with zero attached hydrogens (tertiary/aromatic N) is 1. The molecule has 1 aliphatic heterocycles. The number of carbonyl (C=O) groups excluding carboxylic acids is 4. The SMILES string of the molecule is COCCNC(=O)COC(=O)c1ccc2c(c1)C(=O)N(c1ccccc1Cl)C2=O. The van der Waals surface area contributed by atoms with Crippen molar-refractivity contribution in [2.45, 2.75) is 0 Å². The van der Waals surface area contributed by atoms with Crippen LogP contribution in [0.2, 0.25) is 5.02 Å². The molecule has 0 saturated carbocycles. The van der Waals surface area contributed by atoms with Crippen molar-refractivity contribution in [1.82, 2.24) is 5.32 Å². The van der Waals surface area contributed by atoms with Gasteiger partial charge in [-0.25, -0.2) is 9.69 Å². The van der Waals surface area contributed by atoms with Gasteiger partial charge in [-0.15, -0.1) is 0 Å². The molecule has 1 aliphatic rings. The topological polar surface area (TPSA) is 102 Å². The van der Waals surface area contributed by atoms with Crippen LogP contribution in [-0.4, -0.2) is 50.6 Å². The number of rotatable bonds is 7. The van der Waals surface area contributed by atoms with Gasteiger partial charge in [-0.05, 0) is 30.3 Å². The lowest BCUT2D eigenvalue weighted by Gasteiger charge is -2.15. The van der Waals surface area contributed by atoms with Crippen LogP contribution in [0.15, 0.2) is 42.5 Å². The molecule has 0 radical (unpaired) electrons. The molecule has 0 spiro atoms. The van der Waals surface area contributed by atoms with Gasteiger partial charge in [-0.1, -0.05) is 23.7 Å². The number of hydrogen-bond donors (Lipinski definition) is 1. The molecule has 0 atom stereocenters. The Hall–Kier alpha value is -3.23. The van der Waals surface area contributed by atoms with Gasteiger partial charge < -0.3 is 14.8 Å². The van der Waals surface area contributed by atoms with Crippen molar-refractivity contribution in [3.05, 3.63) is 64.2 Å². The van der Waals surface area contributed by atoms with Crippen LogP contribution in [0.3, 0.4) is 0 Å². The minimum atomic E-state index is -0.786. The number of anilines is 1. The lowest BCUT2D eigenvalue weighted by atomic mass is 10.1. The number of hydrogen-bond acceptors (Lipinski definition) is 6. The average molecular weight is 417 g/mol. The first-order valence-electron chi connectivity index (χ1n) is 8.64. The smallest absolute Gasteiger partial charge is 0.338 e. The number of methoxy groups -OCH3 is 1. The van der Waals surface area contributed by atoms with Gasteiger partial charge in [-0.3, -0.25) is 14.4 Å². The number of ether oxygens (including phenoxy) is 2. The highest BCUT2D eigenvalue weighted by atomic mass is 35.5. The van der Waals surface area contributed by atoms with Crippen LogP contribution >= 0.6 is 11.6 Å². The van der Waals surface area contributed by atoms with E-state index in [-0.39, 0.29) is 27.4 Å². The van der Waals surface area contributed by atoms with Gasteiger partial charge in [0.2, 0.25) is 0 Å². The number of esters is 1. The zero-order valence-electron chi connectivity index (χ0n) is 15.4. The van der Waals surface area contributed by atoms with Crippen LogP contribution in [0.1, 0.15) is 31.1 Å². The lowest BCUT2D eigenvalue weighted by Crippen LogP contribution is -2.31. The van der Waals surface area contributed by atoms with E-state index in [9.17, 15) is 19.2 Å². The number of imide groups is 1. The van der Waals surface area contributed by atoms with E-state index < -0.39 is 30.3 Å². The number of halogens is 1. The fourth-order valence-electron chi connectivity index (χ4n) is 2.78. The second kappa shape index (κ2) is 8.85. The molecular formula is C20H17ClN2O6. The summed E-state index contributed by atoms with van der Waals surface area (Å²) in [6, 6.07) is 10.5. The standard InChI is InChI=1S/C20H17ClN2O6/c1-28-9-8-22-17(24)11-29-20(27)12-6-7-13-14(10-12)19(26)23(18(13)25)16-5-3-2-4-15(16)21/h2-7,10H,8-9,11H2,1H3,(H,22,24).